The van der Waals surface area contributed by atoms with E-state index >= 15 is 0 Å². The second-order valence-corrected chi connectivity index (χ2v) is 3.67. The zero-order chi connectivity index (χ0) is 10.8. The first-order valence-electron chi connectivity index (χ1n) is 4.27. The maximum atomic E-state index is 11.2. The summed E-state index contributed by atoms with van der Waals surface area (Å²) in [5.74, 6) is 0.331. The number of hydrogen-bond acceptors (Lipinski definition) is 5. The van der Waals surface area contributed by atoms with E-state index in [9.17, 15) is 4.79 Å². The van der Waals surface area contributed by atoms with Crippen LogP contribution in [0.25, 0.3) is 0 Å². The highest BCUT2D eigenvalue weighted by Crippen LogP contribution is 2.36. The van der Waals surface area contributed by atoms with Crippen molar-refractivity contribution in [3.8, 4) is 11.6 Å². The molecule has 0 aromatic carbocycles. The van der Waals surface area contributed by atoms with Crippen LogP contribution in [0.15, 0.2) is 10.5 Å². The lowest BCUT2D eigenvalue weighted by Crippen LogP contribution is -2.18. The van der Waals surface area contributed by atoms with Crippen LogP contribution in [-0.2, 0) is 4.74 Å². The van der Waals surface area contributed by atoms with Crippen LogP contribution in [-0.4, -0.2) is 31.3 Å². The monoisotopic (exact) mass is 273 g/mol. The van der Waals surface area contributed by atoms with Gasteiger partial charge >= 0.3 is 5.97 Å². The lowest BCUT2D eigenvalue weighted by Gasteiger charge is -2.18. The first-order valence-corrected chi connectivity index (χ1v) is 5.06. The molecule has 0 aliphatic carbocycles. The molecule has 2 heterocycles. The summed E-state index contributed by atoms with van der Waals surface area (Å²) in [5, 5.41) is 0. The summed E-state index contributed by atoms with van der Waals surface area (Å²) in [6, 6.07) is 1.54. The van der Waals surface area contributed by atoms with E-state index in [0.29, 0.717) is 29.3 Å². The van der Waals surface area contributed by atoms with Gasteiger partial charge in [0.25, 0.3) is 5.88 Å². The number of rotatable bonds is 1. The Morgan fingerprint density at radius 2 is 2.27 bits per heavy atom. The fourth-order valence-corrected chi connectivity index (χ4v) is 1.70. The molecule has 1 aliphatic rings. The van der Waals surface area contributed by atoms with E-state index in [1.165, 1.54) is 7.11 Å². The van der Waals surface area contributed by atoms with Gasteiger partial charge in [-0.2, -0.15) is 0 Å². The average Bonchev–Trinajstić information content (AvgIpc) is 2.28. The Morgan fingerprint density at radius 3 is 3.00 bits per heavy atom. The number of esters is 1. The third-order valence-electron chi connectivity index (χ3n) is 1.86. The van der Waals surface area contributed by atoms with Crippen molar-refractivity contribution >= 4 is 21.9 Å². The normalized spacial score (nSPS) is 13.5. The molecule has 0 bridgehead atoms. The second kappa shape index (κ2) is 4.06. The number of pyridine rings is 1. The summed E-state index contributed by atoms with van der Waals surface area (Å²) in [6.45, 7) is 0.905. The summed E-state index contributed by atoms with van der Waals surface area (Å²) in [4.78, 5) is 15.2. The predicted molar refractivity (Wildman–Crippen MR) is 54.3 cm³/mol. The summed E-state index contributed by atoms with van der Waals surface area (Å²) in [7, 11) is 1.30. The Morgan fingerprint density at radius 1 is 1.53 bits per heavy atom. The molecule has 80 valence electrons. The number of ether oxygens (including phenoxy) is 3. The maximum absolute atomic E-state index is 11.2. The van der Waals surface area contributed by atoms with Crippen molar-refractivity contribution in [3.63, 3.8) is 0 Å². The van der Waals surface area contributed by atoms with Crippen molar-refractivity contribution in [1.29, 1.82) is 0 Å². The number of halogens is 1. The molecule has 5 nitrogen and oxygen atoms in total. The molecule has 0 N–H and O–H groups in total. The molecule has 1 aliphatic heterocycles. The van der Waals surface area contributed by atoms with E-state index in [4.69, 9.17) is 9.47 Å². The van der Waals surface area contributed by atoms with Gasteiger partial charge < -0.3 is 14.2 Å². The van der Waals surface area contributed by atoms with Gasteiger partial charge in [-0.1, -0.05) is 0 Å². The highest BCUT2D eigenvalue weighted by atomic mass is 79.9. The van der Waals surface area contributed by atoms with Crippen molar-refractivity contribution < 1.29 is 19.0 Å². The van der Waals surface area contributed by atoms with Gasteiger partial charge in [-0.05, 0) is 22.0 Å². The van der Waals surface area contributed by atoms with Crippen LogP contribution >= 0.6 is 15.9 Å². The minimum atomic E-state index is -0.507. The van der Waals surface area contributed by atoms with E-state index in [0.717, 1.165) is 0 Å². The van der Waals surface area contributed by atoms with Gasteiger partial charge in [-0.25, -0.2) is 9.78 Å². The summed E-state index contributed by atoms with van der Waals surface area (Å²) in [6.07, 6.45) is 0. The van der Waals surface area contributed by atoms with E-state index in [1.807, 2.05) is 0 Å². The SMILES string of the molecule is COC(=O)c1cc(Br)c2c(n1)OCCO2. The zero-order valence-corrected chi connectivity index (χ0v) is 9.54. The fraction of sp³-hybridized carbons (Fsp3) is 0.333. The molecule has 1 aromatic rings. The third-order valence-corrected chi connectivity index (χ3v) is 2.45. The van der Waals surface area contributed by atoms with Gasteiger partial charge in [0.15, 0.2) is 11.4 Å². The summed E-state index contributed by atoms with van der Waals surface area (Å²) in [5.41, 5.74) is 0.189. The van der Waals surface area contributed by atoms with Crippen molar-refractivity contribution in [1.82, 2.24) is 4.98 Å². The minimum absolute atomic E-state index is 0.189. The molecule has 0 saturated carbocycles. The van der Waals surface area contributed by atoms with Crippen molar-refractivity contribution in [2.75, 3.05) is 20.3 Å². The number of aromatic nitrogens is 1. The van der Waals surface area contributed by atoms with Crippen LogP contribution in [0.4, 0.5) is 0 Å². The average molecular weight is 274 g/mol. The molecule has 1 aromatic heterocycles. The Kier molecular flexibility index (Phi) is 2.77. The maximum Gasteiger partial charge on any atom is 0.356 e. The molecule has 0 fully saturated rings. The fourth-order valence-electron chi connectivity index (χ4n) is 1.20. The second-order valence-electron chi connectivity index (χ2n) is 2.81. The van der Waals surface area contributed by atoms with Gasteiger partial charge in [0.1, 0.15) is 13.2 Å². The lowest BCUT2D eigenvalue weighted by molar-refractivity contribution is 0.0591. The number of hydrogen-bond donors (Lipinski definition) is 0. The summed E-state index contributed by atoms with van der Waals surface area (Å²) < 4.78 is 15.8. The number of methoxy groups -OCH3 is 1. The molecule has 0 spiro atoms. The van der Waals surface area contributed by atoms with Crippen LogP contribution in [0.1, 0.15) is 10.5 Å². The summed E-state index contributed by atoms with van der Waals surface area (Å²) >= 11 is 3.28. The first-order chi connectivity index (χ1) is 7.22. The highest BCUT2D eigenvalue weighted by Gasteiger charge is 2.20. The van der Waals surface area contributed by atoms with E-state index in [2.05, 4.69) is 25.7 Å². The van der Waals surface area contributed by atoms with Crippen LogP contribution in [0, 0.1) is 0 Å². The van der Waals surface area contributed by atoms with E-state index in [1.54, 1.807) is 6.07 Å². The smallest absolute Gasteiger partial charge is 0.356 e. The van der Waals surface area contributed by atoms with Gasteiger partial charge in [-0.3, -0.25) is 0 Å². The standard InChI is InChI=1S/C9H8BrNO4/c1-13-9(12)6-4-5(10)7-8(11-6)15-3-2-14-7/h4H,2-3H2,1H3. The van der Waals surface area contributed by atoms with Gasteiger partial charge in [-0.15, -0.1) is 0 Å². The molecule has 0 radical (unpaired) electrons. The van der Waals surface area contributed by atoms with Crippen LogP contribution in [0.3, 0.4) is 0 Å². The van der Waals surface area contributed by atoms with Crippen LogP contribution < -0.4 is 9.47 Å². The predicted octanol–water partition coefficient (Wildman–Crippen LogP) is 1.40. The quantitative estimate of drug-likeness (QED) is 0.724. The van der Waals surface area contributed by atoms with Gasteiger partial charge in [0.2, 0.25) is 0 Å². The Labute approximate surface area is 94.5 Å². The van der Waals surface area contributed by atoms with Crippen LogP contribution in [0.5, 0.6) is 11.6 Å². The molecule has 15 heavy (non-hydrogen) atoms. The van der Waals surface area contributed by atoms with Crippen LogP contribution in [0.2, 0.25) is 0 Å². The Balaban J connectivity index is 2.45. The molecule has 6 heteroatoms. The lowest BCUT2D eigenvalue weighted by atomic mass is 10.3. The minimum Gasteiger partial charge on any atom is -0.483 e. The largest absolute Gasteiger partial charge is 0.483 e. The number of fused-ring (bicyclic) bond motifs is 1. The topological polar surface area (TPSA) is 57.7 Å². The zero-order valence-electron chi connectivity index (χ0n) is 7.95. The van der Waals surface area contributed by atoms with Gasteiger partial charge in [0, 0.05) is 0 Å². The molecular weight excluding hydrogens is 266 g/mol. The number of carbonyl (C=O) groups excluding carboxylic acids is 1. The Hall–Kier alpha value is -1.30. The third kappa shape index (κ3) is 1.90. The molecular formula is C9H8BrNO4. The van der Waals surface area contributed by atoms with E-state index in [-0.39, 0.29) is 5.69 Å². The molecule has 0 saturated heterocycles. The molecule has 0 amide bonds. The van der Waals surface area contributed by atoms with Crippen molar-refractivity contribution in [3.05, 3.63) is 16.2 Å². The number of nitrogens with zero attached hydrogens (tertiary/aromatic N) is 1. The molecule has 2 rings (SSSR count). The van der Waals surface area contributed by atoms with Gasteiger partial charge in [0.05, 0.1) is 11.6 Å². The van der Waals surface area contributed by atoms with E-state index < -0.39 is 5.97 Å². The highest BCUT2D eigenvalue weighted by molar-refractivity contribution is 9.10. The first kappa shape index (κ1) is 10.2. The molecule has 0 atom stereocenters. The molecule has 0 unspecified atom stereocenters. The Bertz CT molecular complexity index is 407. The number of carbonyl (C=O) groups is 1. The van der Waals surface area contributed by atoms with Crippen molar-refractivity contribution in [2.24, 2.45) is 0 Å². The van der Waals surface area contributed by atoms with Crippen molar-refractivity contribution in [2.45, 2.75) is 0 Å².